The maximum absolute atomic E-state index is 6.41. The van der Waals surface area contributed by atoms with E-state index in [-0.39, 0.29) is 0 Å². The molecule has 0 saturated heterocycles. The standard InChI is InChI=1S/C50H27N3OS/c1-2-12-30-28(11-1)21-24-39-45-40(26-25-37-33-15-4-3-13-31(33)32-14-5-6-17-36(32)44(37)45)53(48(30)39)50-51-46(49-47(52-50)38-18-8-10-20-43(38)55-49)29-22-23-35-34-16-7-9-19-41(34)54-42(35)27-29/h1-27H. The van der Waals surface area contributed by atoms with E-state index in [4.69, 9.17) is 14.4 Å². The second kappa shape index (κ2) is 10.8. The summed E-state index contributed by atoms with van der Waals surface area (Å²) >= 11 is 1.75. The first-order valence-corrected chi connectivity index (χ1v) is 19.4. The first kappa shape index (κ1) is 29.4. The summed E-state index contributed by atoms with van der Waals surface area (Å²) in [5.74, 6) is 0.650. The SMILES string of the molecule is c1ccc2c(c1)ccc1c3c4c5ccccc5c5ccccc5c4ccc3n(-c3nc(-c4ccc5c(c4)oc4ccccc45)c4sc5ccccc5c4n3)c21. The maximum atomic E-state index is 6.41. The fraction of sp³-hybridized carbons (Fsp3) is 0. The van der Waals surface area contributed by atoms with Crippen LogP contribution >= 0.6 is 11.3 Å². The van der Waals surface area contributed by atoms with Gasteiger partial charge in [-0.1, -0.05) is 133 Å². The van der Waals surface area contributed by atoms with Gasteiger partial charge in [-0.3, -0.25) is 4.57 Å². The van der Waals surface area contributed by atoms with Gasteiger partial charge in [-0.05, 0) is 62.6 Å². The summed E-state index contributed by atoms with van der Waals surface area (Å²) in [6, 6.07) is 58.8. The summed E-state index contributed by atoms with van der Waals surface area (Å²) in [5.41, 5.74) is 6.78. The molecule has 55 heavy (non-hydrogen) atoms. The molecule has 0 aliphatic rings. The van der Waals surface area contributed by atoms with E-state index in [0.717, 1.165) is 59.8 Å². The largest absolute Gasteiger partial charge is 0.456 e. The van der Waals surface area contributed by atoms with Crippen molar-refractivity contribution in [3.8, 4) is 17.2 Å². The van der Waals surface area contributed by atoms with Gasteiger partial charge in [0.2, 0.25) is 5.95 Å². The molecule has 0 spiro atoms. The molecule has 0 N–H and O–H groups in total. The van der Waals surface area contributed by atoms with Gasteiger partial charge < -0.3 is 4.42 Å². The molecule has 0 saturated carbocycles. The van der Waals surface area contributed by atoms with Gasteiger partial charge in [-0.15, -0.1) is 11.3 Å². The lowest BCUT2D eigenvalue weighted by Gasteiger charge is -2.13. The fourth-order valence-electron chi connectivity index (χ4n) is 9.22. The number of para-hydroxylation sites is 1. The first-order chi connectivity index (χ1) is 27.3. The highest BCUT2D eigenvalue weighted by atomic mass is 32.1. The van der Waals surface area contributed by atoms with Gasteiger partial charge >= 0.3 is 0 Å². The predicted molar refractivity (Wildman–Crippen MR) is 232 cm³/mol. The molecular weight excluding hydrogens is 691 g/mol. The molecule has 0 fully saturated rings. The van der Waals surface area contributed by atoms with Crippen LogP contribution in [0.1, 0.15) is 0 Å². The first-order valence-electron chi connectivity index (χ1n) is 18.6. The Morgan fingerprint density at radius 1 is 0.455 bits per heavy atom. The molecule has 9 aromatic carbocycles. The molecule has 4 heterocycles. The fourth-order valence-corrected chi connectivity index (χ4v) is 10.4. The van der Waals surface area contributed by atoms with Gasteiger partial charge in [0.15, 0.2) is 0 Å². The van der Waals surface area contributed by atoms with E-state index in [9.17, 15) is 0 Å². The Hall–Kier alpha value is -7.08. The monoisotopic (exact) mass is 717 g/mol. The molecule has 13 rings (SSSR count). The Balaban J connectivity index is 1.22. The van der Waals surface area contributed by atoms with E-state index in [1.54, 1.807) is 11.3 Å². The summed E-state index contributed by atoms with van der Waals surface area (Å²) in [6.45, 7) is 0. The van der Waals surface area contributed by atoms with Crippen molar-refractivity contribution in [2.24, 2.45) is 0 Å². The molecule has 0 atom stereocenters. The summed E-state index contributed by atoms with van der Waals surface area (Å²) in [6.07, 6.45) is 0. The number of benzene rings is 9. The zero-order chi connectivity index (χ0) is 35.8. The normalized spacial score (nSPS) is 12.4. The third-order valence-corrected chi connectivity index (χ3v) is 12.7. The predicted octanol–water partition coefficient (Wildman–Crippen LogP) is 14.1. The van der Waals surface area contributed by atoms with Crippen LogP contribution in [0.3, 0.4) is 0 Å². The van der Waals surface area contributed by atoms with Crippen LogP contribution in [0.25, 0.3) is 124 Å². The van der Waals surface area contributed by atoms with E-state index >= 15 is 0 Å². The lowest BCUT2D eigenvalue weighted by Crippen LogP contribution is -2.03. The minimum Gasteiger partial charge on any atom is -0.456 e. The van der Waals surface area contributed by atoms with Crippen LogP contribution in [0.5, 0.6) is 0 Å². The third kappa shape index (κ3) is 3.94. The van der Waals surface area contributed by atoms with Crippen LogP contribution in [0, 0.1) is 0 Å². The molecule has 4 nitrogen and oxygen atoms in total. The smallest absolute Gasteiger partial charge is 0.235 e. The molecule has 0 aliphatic carbocycles. The average Bonchev–Trinajstić information content (AvgIpc) is 3.92. The van der Waals surface area contributed by atoms with Crippen LogP contribution < -0.4 is 0 Å². The van der Waals surface area contributed by atoms with Gasteiger partial charge in [0.25, 0.3) is 0 Å². The van der Waals surface area contributed by atoms with Crippen molar-refractivity contribution in [3.05, 3.63) is 164 Å². The van der Waals surface area contributed by atoms with Crippen LogP contribution in [0.15, 0.2) is 168 Å². The molecule has 0 amide bonds. The summed E-state index contributed by atoms with van der Waals surface area (Å²) in [4.78, 5) is 11.1. The minimum atomic E-state index is 0.650. The van der Waals surface area contributed by atoms with E-state index in [1.807, 2.05) is 12.1 Å². The quantitative estimate of drug-likeness (QED) is 0.167. The lowest BCUT2D eigenvalue weighted by atomic mass is 9.91. The van der Waals surface area contributed by atoms with Crippen LogP contribution in [0.4, 0.5) is 0 Å². The van der Waals surface area contributed by atoms with Gasteiger partial charge in [-0.25, -0.2) is 9.97 Å². The van der Waals surface area contributed by atoms with Crippen molar-refractivity contribution in [1.29, 1.82) is 0 Å². The second-order valence-electron chi connectivity index (χ2n) is 14.4. The minimum absolute atomic E-state index is 0.650. The van der Waals surface area contributed by atoms with Crippen molar-refractivity contribution < 1.29 is 4.42 Å². The number of hydrogen-bond donors (Lipinski definition) is 0. The number of hydrogen-bond acceptors (Lipinski definition) is 4. The van der Waals surface area contributed by atoms with Gasteiger partial charge in [0.05, 0.1) is 26.9 Å². The molecule has 254 valence electrons. The average molecular weight is 718 g/mol. The Morgan fingerprint density at radius 2 is 1.07 bits per heavy atom. The number of furan rings is 1. The number of nitrogens with zero attached hydrogens (tertiary/aromatic N) is 3. The lowest BCUT2D eigenvalue weighted by molar-refractivity contribution is 0.669. The van der Waals surface area contributed by atoms with Crippen molar-refractivity contribution in [1.82, 2.24) is 14.5 Å². The van der Waals surface area contributed by atoms with E-state index in [1.165, 1.54) is 58.6 Å². The topological polar surface area (TPSA) is 43.9 Å². The molecule has 0 unspecified atom stereocenters. The highest BCUT2D eigenvalue weighted by Gasteiger charge is 2.24. The maximum Gasteiger partial charge on any atom is 0.235 e. The van der Waals surface area contributed by atoms with Crippen molar-refractivity contribution in [3.63, 3.8) is 0 Å². The van der Waals surface area contributed by atoms with Gasteiger partial charge in [0, 0.05) is 48.0 Å². The van der Waals surface area contributed by atoms with Crippen LogP contribution in [-0.2, 0) is 0 Å². The Kier molecular flexibility index (Phi) is 5.74. The van der Waals surface area contributed by atoms with Crippen molar-refractivity contribution in [2.45, 2.75) is 0 Å². The summed E-state index contributed by atoms with van der Waals surface area (Å²) < 4.78 is 11.0. The zero-order valence-electron chi connectivity index (χ0n) is 29.2. The number of rotatable bonds is 2. The number of aromatic nitrogens is 3. The zero-order valence-corrected chi connectivity index (χ0v) is 30.1. The Morgan fingerprint density at radius 3 is 1.91 bits per heavy atom. The molecule has 5 heteroatoms. The molecular formula is C50H27N3OS. The second-order valence-corrected chi connectivity index (χ2v) is 15.5. The van der Waals surface area contributed by atoms with Crippen LogP contribution in [0.2, 0.25) is 0 Å². The van der Waals surface area contributed by atoms with E-state index in [2.05, 4.69) is 156 Å². The molecule has 4 aromatic heterocycles. The van der Waals surface area contributed by atoms with Crippen LogP contribution in [-0.4, -0.2) is 14.5 Å². The Labute approximate surface area is 317 Å². The van der Waals surface area contributed by atoms with Gasteiger partial charge in [-0.2, -0.15) is 0 Å². The van der Waals surface area contributed by atoms with Crippen molar-refractivity contribution >= 4 is 118 Å². The van der Waals surface area contributed by atoms with Crippen molar-refractivity contribution in [2.75, 3.05) is 0 Å². The third-order valence-electron chi connectivity index (χ3n) is 11.6. The number of fused-ring (bicyclic) bond motifs is 18. The highest BCUT2D eigenvalue weighted by Crippen LogP contribution is 2.46. The summed E-state index contributed by atoms with van der Waals surface area (Å²) in [7, 11) is 0. The molecule has 0 aliphatic heterocycles. The van der Waals surface area contributed by atoms with E-state index in [0.29, 0.717) is 5.95 Å². The molecule has 0 radical (unpaired) electrons. The van der Waals surface area contributed by atoms with Gasteiger partial charge in [0.1, 0.15) is 11.2 Å². The summed E-state index contributed by atoms with van der Waals surface area (Å²) in [5, 5.41) is 15.6. The highest BCUT2D eigenvalue weighted by molar-refractivity contribution is 7.26. The Bertz CT molecular complexity index is 3760. The molecule has 0 bridgehead atoms. The molecule has 13 aromatic rings. The number of thiophene rings is 1. The van der Waals surface area contributed by atoms with E-state index < -0.39 is 0 Å².